The van der Waals surface area contributed by atoms with Crippen molar-refractivity contribution in [2.75, 3.05) is 19.6 Å². The Morgan fingerprint density at radius 2 is 1.89 bits per heavy atom. The van der Waals surface area contributed by atoms with Crippen LogP contribution in [0.15, 0.2) is 48.5 Å². The Kier molecular flexibility index (Phi) is 8.22. The summed E-state index contributed by atoms with van der Waals surface area (Å²) in [5, 5.41) is 17.9. The third-order valence-electron chi connectivity index (χ3n) is 6.75. The van der Waals surface area contributed by atoms with Crippen molar-refractivity contribution in [1.29, 1.82) is 0 Å². The van der Waals surface area contributed by atoms with Gasteiger partial charge in [0.2, 0.25) is 0 Å². The summed E-state index contributed by atoms with van der Waals surface area (Å²) in [6.45, 7) is 7.96. The fourth-order valence-corrected chi connectivity index (χ4v) is 4.90. The summed E-state index contributed by atoms with van der Waals surface area (Å²) in [6.07, 6.45) is -2.49. The van der Waals surface area contributed by atoms with Crippen LogP contribution < -0.4 is 5.32 Å². The molecule has 0 radical (unpaired) electrons. The van der Waals surface area contributed by atoms with E-state index in [0.717, 1.165) is 23.8 Å². The van der Waals surface area contributed by atoms with Gasteiger partial charge in [-0.1, -0.05) is 51.1 Å². The van der Waals surface area contributed by atoms with Crippen LogP contribution in [0.25, 0.3) is 11.4 Å². The number of aromatic nitrogens is 3. The molecule has 1 aromatic heterocycles. The average Bonchev–Trinajstić information content (AvgIpc) is 3.45. The predicted octanol–water partition coefficient (Wildman–Crippen LogP) is 4.13. The average molecular weight is 530 g/mol. The summed E-state index contributed by atoms with van der Waals surface area (Å²) in [5.41, 5.74) is 0.125. The fourth-order valence-electron chi connectivity index (χ4n) is 4.90. The Bertz CT molecular complexity index is 1260. The van der Waals surface area contributed by atoms with Gasteiger partial charge < -0.3 is 15.3 Å². The molecule has 1 unspecified atom stereocenters. The maximum absolute atomic E-state index is 14.8. The molecule has 1 fully saturated rings. The molecule has 0 aliphatic carbocycles. The molecule has 38 heavy (non-hydrogen) atoms. The fraction of sp³-hybridized carbons (Fsp3) is 0.464. The first kappa shape index (κ1) is 27.8. The van der Waals surface area contributed by atoms with Gasteiger partial charge in [0.25, 0.3) is 5.91 Å². The number of nitrogens with zero attached hydrogens (tertiary/aromatic N) is 4. The Labute approximate surface area is 220 Å². The number of aliphatic hydroxyl groups is 1. The van der Waals surface area contributed by atoms with Crippen molar-refractivity contribution in [3.05, 3.63) is 71.6 Å². The normalized spacial score (nSPS) is 19.4. The minimum Gasteiger partial charge on any atom is -0.384 e. The minimum absolute atomic E-state index is 0.0301. The summed E-state index contributed by atoms with van der Waals surface area (Å²) in [5.74, 6) is -2.07. The number of alkyl halides is 1. The number of amides is 1. The Balaban J connectivity index is 1.88. The molecule has 0 bridgehead atoms. The molecule has 1 aliphatic rings. The summed E-state index contributed by atoms with van der Waals surface area (Å²) in [6, 6.07) is 11.7. The summed E-state index contributed by atoms with van der Waals surface area (Å²) >= 11 is 0. The summed E-state index contributed by atoms with van der Waals surface area (Å²) in [4.78, 5) is 19.5. The standard InChI is InChI=1S/C28H34F3N5O2/c1-17(37)27(38)35(16-19-13-32-14-23(19)31)24(28(2,3)4)26-33-25(21-12-20(29)10-11-22(21)30)34-36(26)15-18-8-6-5-7-9-18/h5-12,17,19,23-24,32,37H,13-16H2,1-4H3/t17?,19-,23-,24-/m0/s1. The molecule has 0 saturated carbocycles. The van der Waals surface area contributed by atoms with Gasteiger partial charge in [-0.05, 0) is 36.1 Å². The zero-order chi connectivity index (χ0) is 27.6. The third kappa shape index (κ3) is 6.07. The highest BCUT2D eigenvalue weighted by Gasteiger charge is 2.42. The summed E-state index contributed by atoms with van der Waals surface area (Å²) in [7, 11) is 0. The molecule has 3 aromatic rings. The number of carbonyl (C=O) groups is 1. The van der Waals surface area contributed by atoms with Gasteiger partial charge in [-0.15, -0.1) is 0 Å². The number of nitrogens with one attached hydrogen (secondary N) is 1. The van der Waals surface area contributed by atoms with E-state index in [1.807, 2.05) is 51.1 Å². The van der Waals surface area contributed by atoms with Gasteiger partial charge in [0, 0.05) is 25.6 Å². The number of halogens is 3. The molecular weight excluding hydrogens is 495 g/mol. The smallest absolute Gasteiger partial charge is 0.251 e. The van der Waals surface area contributed by atoms with E-state index in [1.165, 1.54) is 11.8 Å². The Morgan fingerprint density at radius 3 is 2.50 bits per heavy atom. The minimum atomic E-state index is -1.34. The molecule has 2 heterocycles. The lowest BCUT2D eigenvalue weighted by Gasteiger charge is -2.41. The van der Waals surface area contributed by atoms with Gasteiger partial charge in [0.05, 0.1) is 18.2 Å². The van der Waals surface area contributed by atoms with Crippen molar-refractivity contribution in [3.63, 3.8) is 0 Å². The van der Waals surface area contributed by atoms with Crippen LogP contribution >= 0.6 is 0 Å². The molecule has 4 atom stereocenters. The lowest BCUT2D eigenvalue weighted by molar-refractivity contribution is -0.146. The number of aliphatic hydroxyl groups excluding tert-OH is 1. The van der Waals surface area contributed by atoms with Crippen LogP contribution in [0.4, 0.5) is 13.2 Å². The second kappa shape index (κ2) is 11.2. The zero-order valence-corrected chi connectivity index (χ0v) is 22.0. The van der Waals surface area contributed by atoms with E-state index in [9.17, 15) is 23.1 Å². The first-order valence-corrected chi connectivity index (χ1v) is 12.7. The summed E-state index contributed by atoms with van der Waals surface area (Å²) < 4.78 is 45.1. The first-order valence-electron chi connectivity index (χ1n) is 12.7. The molecule has 10 heteroatoms. The monoisotopic (exact) mass is 529 g/mol. The van der Waals surface area contributed by atoms with Crippen LogP contribution in [0.1, 0.15) is 45.1 Å². The molecule has 204 valence electrons. The molecule has 1 saturated heterocycles. The maximum atomic E-state index is 14.8. The highest BCUT2D eigenvalue weighted by atomic mass is 19.1. The van der Waals surface area contributed by atoms with E-state index in [0.29, 0.717) is 12.4 Å². The second-order valence-electron chi connectivity index (χ2n) is 10.9. The highest BCUT2D eigenvalue weighted by Crippen LogP contribution is 2.40. The van der Waals surface area contributed by atoms with E-state index in [2.05, 4.69) is 15.4 Å². The van der Waals surface area contributed by atoms with Crippen LogP contribution in [0.2, 0.25) is 0 Å². The number of hydrogen-bond acceptors (Lipinski definition) is 5. The molecule has 1 amide bonds. The van der Waals surface area contributed by atoms with Crippen molar-refractivity contribution in [3.8, 4) is 11.4 Å². The molecule has 7 nitrogen and oxygen atoms in total. The van der Waals surface area contributed by atoms with Crippen LogP contribution in [-0.4, -0.2) is 62.6 Å². The Morgan fingerprint density at radius 1 is 1.18 bits per heavy atom. The number of benzene rings is 2. The zero-order valence-electron chi connectivity index (χ0n) is 22.0. The van der Waals surface area contributed by atoms with Crippen molar-refractivity contribution in [2.45, 2.75) is 52.6 Å². The SMILES string of the molecule is CC(O)C(=O)N(C[C@@H]1CNC[C@@H]1F)[C@@H](c1nc(-c2cc(F)ccc2F)nn1Cc1ccccc1)C(C)(C)C. The van der Waals surface area contributed by atoms with Crippen molar-refractivity contribution < 1.29 is 23.1 Å². The molecule has 2 N–H and O–H groups in total. The molecule has 2 aromatic carbocycles. The van der Waals surface area contributed by atoms with Crippen molar-refractivity contribution >= 4 is 5.91 Å². The van der Waals surface area contributed by atoms with E-state index >= 15 is 0 Å². The molecular formula is C28H34F3N5O2. The number of rotatable bonds is 8. The molecule has 4 rings (SSSR count). The van der Waals surface area contributed by atoms with E-state index < -0.39 is 47.2 Å². The largest absolute Gasteiger partial charge is 0.384 e. The van der Waals surface area contributed by atoms with Crippen molar-refractivity contribution in [1.82, 2.24) is 25.0 Å². The van der Waals surface area contributed by atoms with Gasteiger partial charge in [-0.25, -0.2) is 22.8 Å². The number of hydrogen-bond donors (Lipinski definition) is 2. The highest BCUT2D eigenvalue weighted by molar-refractivity contribution is 5.80. The van der Waals surface area contributed by atoms with E-state index in [1.54, 1.807) is 4.68 Å². The maximum Gasteiger partial charge on any atom is 0.251 e. The van der Waals surface area contributed by atoms with E-state index in [-0.39, 0.29) is 31.0 Å². The van der Waals surface area contributed by atoms with Gasteiger partial charge in [0.15, 0.2) is 11.6 Å². The van der Waals surface area contributed by atoms with Crippen LogP contribution in [-0.2, 0) is 11.3 Å². The first-order chi connectivity index (χ1) is 18.0. The van der Waals surface area contributed by atoms with Crippen molar-refractivity contribution in [2.24, 2.45) is 11.3 Å². The van der Waals surface area contributed by atoms with Gasteiger partial charge >= 0.3 is 0 Å². The third-order valence-corrected chi connectivity index (χ3v) is 6.75. The Hall–Kier alpha value is -3.24. The van der Waals surface area contributed by atoms with Crippen LogP contribution in [0.5, 0.6) is 0 Å². The second-order valence-corrected chi connectivity index (χ2v) is 10.9. The lowest BCUT2D eigenvalue weighted by Crippen LogP contribution is -2.49. The number of carbonyl (C=O) groups excluding carboxylic acids is 1. The lowest BCUT2D eigenvalue weighted by atomic mass is 9.84. The van der Waals surface area contributed by atoms with Gasteiger partial charge in [0.1, 0.15) is 23.9 Å². The molecule has 0 spiro atoms. The van der Waals surface area contributed by atoms with Crippen LogP contribution in [0, 0.1) is 23.0 Å². The van der Waals surface area contributed by atoms with Gasteiger partial charge in [-0.3, -0.25) is 4.79 Å². The predicted molar refractivity (Wildman–Crippen MR) is 138 cm³/mol. The quantitative estimate of drug-likeness (QED) is 0.459. The molecule has 1 aliphatic heterocycles. The van der Waals surface area contributed by atoms with Gasteiger partial charge in [-0.2, -0.15) is 5.10 Å². The van der Waals surface area contributed by atoms with Crippen LogP contribution in [0.3, 0.4) is 0 Å². The van der Waals surface area contributed by atoms with E-state index in [4.69, 9.17) is 0 Å². The topological polar surface area (TPSA) is 83.3 Å².